The van der Waals surface area contributed by atoms with Gasteiger partial charge in [-0.05, 0) is 55.8 Å². The summed E-state index contributed by atoms with van der Waals surface area (Å²) in [5.41, 5.74) is 0.549. The lowest BCUT2D eigenvalue weighted by Crippen LogP contribution is -2.49. The molecule has 13 heteroatoms. The molecular weight excluding hydrogens is 510 g/mol. The van der Waals surface area contributed by atoms with E-state index in [-0.39, 0.29) is 33.6 Å². The van der Waals surface area contributed by atoms with E-state index in [1.807, 2.05) is 13.8 Å². The maximum Gasteiger partial charge on any atom is 0.331 e. The minimum atomic E-state index is -4.01. The van der Waals surface area contributed by atoms with Crippen LogP contribution >= 0.6 is 0 Å². The predicted molar refractivity (Wildman–Crippen MR) is 132 cm³/mol. The topological polar surface area (TPSA) is 162 Å². The van der Waals surface area contributed by atoms with E-state index in [2.05, 4.69) is 4.72 Å². The average molecular weight is 538 g/mol. The summed E-state index contributed by atoms with van der Waals surface area (Å²) in [6.45, 7) is 4.20. The number of sulfonamides is 2. The van der Waals surface area contributed by atoms with Gasteiger partial charge in [-0.1, -0.05) is 18.2 Å². The minimum Gasteiger partial charge on any atom is -0.452 e. The van der Waals surface area contributed by atoms with Crippen LogP contribution in [-0.4, -0.2) is 65.5 Å². The van der Waals surface area contributed by atoms with E-state index in [1.54, 1.807) is 4.90 Å². The number of carbonyl (C=O) groups excluding carboxylic acids is 2. The molecule has 1 fully saturated rings. The lowest BCUT2D eigenvalue weighted by atomic mass is 10.2. The number of benzene rings is 2. The summed E-state index contributed by atoms with van der Waals surface area (Å²) in [6.07, 6.45) is 2.37. The van der Waals surface area contributed by atoms with Crippen LogP contribution in [0.15, 0.2) is 64.4 Å². The number of carbonyl (C=O) groups is 2. The predicted octanol–water partition coefficient (Wildman–Crippen LogP) is 1.33. The Morgan fingerprint density at radius 3 is 2.31 bits per heavy atom. The number of nitrogens with zero attached hydrogens (tertiary/aromatic N) is 1. The molecule has 1 amide bonds. The van der Waals surface area contributed by atoms with Crippen molar-refractivity contribution >= 4 is 43.7 Å². The molecule has 1 heterocycles. The fourth-order valence-electron chi connectivity index (χ4n) is 3.53. The maximum atomic E-state index is 12.6. The highest BCUT2D eigenvalue weighted by Crippen LogP contribution is 2.20. The highest BCUT2D eigenvalue weighted by atomic mass is 32.2. The number of anilines is 1. The Kier molecular flexibility index (Phi) is 8.51. The minimum absolute atomic E-state index is 0.0313. The molecule has 1 aliphatic heterocycles. The first-order valence-electron chi connectivity index (χ1n) is 10.9. The molecule has 0 radical (unpaired) electrons. The fourth-order valence-corrected chi connectivity index (χ4v) is 5.14. The lowest BCUT2D eigenvalue weighted by molar-refractivity contribution is -0.154. The van der Waals surface area contributed by atoms with Gasteiger partial charge >= 0.3 is 5.97 Å². The van der Waals surface area contributed by atoms with Gasteiger partial charge in [-0.2, -0.15) is 0 Å². The van der Waals surface area contributed by atoms with E-state index in [1.165, 1.54) is 48.5 Å². The average Bonchev–Trinajstić information content (AvgIpc) is 2.80. The zero-order valence-electron chi connectivity index (χ0n) is 19.7. The maximum absolute atomic E-state index is 12.6. The highest BCUT2D eigenvalue weighted by Gasteiger charge is 2.26. The Balaban J connectivity index is 1.56. The van der Waals surface area contributed by atoms with Crippen LogP contribution in [0.2, 0.25) is 0 Å². The summed E-state index contributed by atoms with van der Waals surface area (Å²) in [5.74, 6) is -1.03. The third kappa shape index (κ3) is 7.62. The van der Waals surface area contributed by atoms with Gasteiger partial charge in [-0.15, -0.1) is 0 Å². The van der Waals surface area contributed by atoms with Gasteiger partial charge in [0.25, 0.3) is 15.9 Å². The molecule has 3 rings (SSSR count). The van der Waals surface area contributed by atoms with Crippen LogP contribution in [0.25, 0.3) is 6.08 Å². The Bertz CT molecular complexity index is 1350. The largest absolute Gasteiger partial charge is 0.452 e. The van der Waals surface area contributed by atoms with E-state index in [0.29, 0.717) is 18.7 Å². The number of rotatable bonds is 8. The van der Waals surface area contributed by atoms with E-state index >= 15 is 0 Å². The molecule has 0 unspecified atom stereocenters. The van der Waals surface area contributed by atoms with Crippen LogP contribution in [0, 0.1) is 0 Å². The van der Waals surface area contributed by atoms with Crippen molar-refractivity contribution in [1.82, 2.24) is 4.90 Å². The van der Waals surface area contributed by atoms with Gasteiger partial charge in [0.2, 0.25) is 10.0 Å². The molecule has 0 aromatic heterocycles. The van der Waals surface area contributed by atoms with E-state index in [0.717, 1.165) is 12.1 Å². The van der Waals surface area contributed by atoms with Gasteiger partial charge in [-0.25, -0.2) is 26.8 Å². The normalized spacial score (nSPS) is 18.7. The van der Waals surface area contributed by atoms with E-state index < -0.39 is 32.6 Å². The summed E-state index contributed by atoms with van der Waals surface area (Å²) >= 11 is 0. The highest BCUT2D eigenvalue weighted by molar-refractivity contribution is 7.92. The Morgan fingerprint density at radius 1 is 1.06 bits per heavy atom. The van der Waals surface area contributed by atoms with Crippen LogP contribution < -0.4 is 9.86 Å². The quantitative estimate of drug-likeness (QED) is 0.376. The number of ether oxygens (including phenoxy) is 2. The number of primary sulfonamides is 1. The molecule has 11 nitrogen and oxygen atoms in total. The molecule has 0 spiro atoms. The second-order valence-corrected chi connectivity index (χ2v) is 11.5. The van der Waals surface area contributed by atoms with Crippen molar-refractivity contribution in [3.8, 4) is 0 Å². The Morgan fingerprint density at radius 2 is 1.69 bits per heavy atom. The molecule has 0 saturated carbocycles. The lowest BCUT2D eigenvalue weighted by Gasteiger charge is -2.35. The van der Waals surface area contributed by atoms with Crippen molar-refractivity contribution in [2.24, 2.45) is 5.14 Å². The zero-order chi connectivity index (χ0) is 26.5. The number of esters is 1. The number of morpholine rings is 1. The Hall–Kier alpha value is -3.26. The molecule has 3 N–H and O–H groups in total. The molecular formula is C23H27N3O8S2. The van der Waals surface area contributed by atoms with Crippen LogP contribution in [0.4, 0.5) is 5.69 Å². The number of hydrogen-bond donors (Lipinski definition) is 2. The first-order valence-corrected chi connectivity index (χ1v) is 13.9. The Labute approximate surface area is 210 Å². The third-order valence-electron chi connectivity index (χ3n) is 5.13. The SMILES string of the molecule is C[C@H]1CN(C(=O)COC(=O)/C=C/c2ccc(S(=O)(=O)Nc3cccc(S(N)(=O)=O)c3)cc2)C[C@H](C)O1. The third-order valence-corrected chi connectivity index (χ3v) is 7.44. The summed E-state index contributed by atoms with van der Waals surface area (Å²) in [4.78, 5) is 25.5. The van der Waals surface area contributed by atoms with Gasteiger partial charge in [0.15, 0.2) is 6.61 Å². The number of nitrogens with one attached hydrogen (secondary N) is 1. The van der Waals surface area contributed by atoms with Crippen molar-refractivity contribution in [2.75, 3.05) is 24.4 Å². The molecule has 0 aliphatic carbocycles. The number of amides is 1. The number of nitrogens with two attached hydrogens (primary N) is 1. The van der Waals surface area contributed by atoms with Crippen LogP contribution in [0.1, 0.15) is 19.4 Å². The zero-order valence-corrected chi connectivity index (χ0v) is 21.3. The van der Waals surface area contributed by atoms with Gasteiger partial charge in [0, 0.05) is 19.2 Å². The number of hydrogen-bond acceptors (Lipinski definition) is 8. The summed E-state index contributed by atoms with van der Waals surface area (Å²) in [6, 6.07) is 10.7. The molecule has 1 aliphatic rings. The molecule has 2 aromatic carbocycles. The fraction of sp³-hybridized carbons (Fsp3) is 0.304. The molecule has 0 bridgehead atoms. The van der Waals surface area contributed by atoms with E-state index in [4.69, 9.17) is 14.6 Å². The first-order chi connectivity index (χ1) is 16.8. The van der Waals surface area contributed by atoms with Crippen molar-refractivity contribution < 1.29 is 35.9 Å². The van der Waals surface area contributed by atoms with Crippen molar-refractivity contribution in [2.45, 2.75) is 35.8 Å². The summed E-state index contributed by atoms with van der Waals surface area (Å²) in [7, 11) is -8.00. The van der Waals surface area contributed by atoms with Crippen LogP contribution in [0.3, 0.4) is 0 Å². The van der Waals surface area contributed by atoms with Crippen molar-refractivity contribution in [3.05, 3.63) is 60.2 Å². The summed E-state index contributed by atoms with van der Waals surface area (Å²) in [5, 5.41) is 5.08. The standard InChI is InChI=1S/C23H27N3O8S2/c1-16-13-26(14-17(2)34-16)22(27)15-33-23(28)11-8-18-6-9-20(10-7-18)36(31,32)25-19-4-3-5-21(12-19)35(24,29)30/h3-12,16-17,25H,13-15H2,1-2H3,(H2,24,29,30)/b11-8+/t16-,17-/m0/s1. The second kappa shape index (κ2) is 11.2. The van der Waals surface area contributed by atoms with Gasteiger partial charge in [0.1, 0.15) is 0 Å². The van der Waals surface area contributed by atoms with Crippen LogP contribution in [0.5, 0.6) is 0 Å². The van der Waals surface area contributed by atoms with Crippen molar-refractivity contribution in [3.63, 3.8) is 0 Å². The molecule has 194 valence electrons. The first kappa shape index (κ1) is 27.3. The van der Waals surface area contributed by atoms with Gasteiger partial charge in [-0.3, -0.25) is 9.52 Å². The monoisotopic (exact) mass is 537 g/mol. The van der Waals surface area contributed by atoms with Gasteiger partial charge < -0.3 is 14.4 Å². The molecule has 1 saturated heterocycles. The molecule has 2 aromatic rings. The molecule has 36 heavy (non-hydrogen) atoms. The summed E-state index contributed by atoms with van der Waals surface area (Å²) < 4.78 is 61.1. The van der Waals surface area contributed by atoms with Crippen LogP contribution in [-0.2, 0) is 39.1 Å². The smallest absolute Gasteiger partial charge is 0.331 e. The second-order valence-electron chi connectivity index (χ2n) is 8.24. The van der Waals surface area contributed by atoms with Crippen molar-refractivity contribution in [1.29, 1.82) is 0 Å². The van der Waals surface area contributed by atoms with E-state index in [9.17, 15) is 26.4 Å². The molecule has 2 atom stereocenters. The van der Waals surface area contributed by atoms with Gasteiger partial charge in [0.05, 0.1) is 27.7 Å².